The molecule has 2 aromatic rings. The Morgan fingerprint density at radius 1 is 1.12 bits per heavy atom. The van der Waals surface area contributed by atoms with Crippen LogP contribution in [0.2, 0.25) is 5.02 Å². The van der Waals surface area contributed by atoms with E-state index in [4.69, 9.17) is 29.6 Å². The van der Waals surface area contributed by atoms with E-state index in [1.54, 1.807) is 18.2 Å². The number of nitrogens with one attached hydrogen (secondary N) is 2. The maximum atomic E-state index is 12.8. The van der Waals surface area contributed by atoms with Crippen molar-refractivity contribution in [3.05, 3.63) is 58.6 Å². The number of amides is 1. The molecule has 0 aliphatic rings. The number of alkyl halides is 3. The molecule has 0 aliphatic carbocycles. The first kappa shape index (κ1) is 18.0. The molecular formula is C15H11ClF3N3OS. The Kier molecular flexibility index (Phi) is 5.30. The number of hydrogen-bond donors (Lipinski definition) is 3. The number of nitrogens with two attached hydrogens (primary N) is 1. The van der Waals surface area contributed by atoms with Gasteiger partial charge in [-0.3, -0.25) is 4.79 Å². The van der Waals surface area contributed by atoms with E-state index in [0.717, 1.165) is 12.1 Å². The molecule has 0 unspecified atom stereocenters. The highest BCUT2D eigenvalue weighted by molar-refractivity contribution is 7.80. The van der Waals surface area contributed by atoms with Crippen LogP contribution in [-0.4, -0.2) is 11.0 Å². The first-order valence-electron chi connectivity index (χ1n) is 6.52. The van der Waals surface area contributed by atoms with Crippen LogP contribution in [0.25, 0.3) is 0 Å². The second-order valence-corrected chi connectivity index (χ2v) is 5.50. The molecule has 0 heterocycles. The summed E-state index contributed by atoms with van der Waals surface area (Å²) in [6.07, 6.45) is -4.58. The molecule has 24 heavy (non-hydrogen) atoms. The van der Waals surface area contributed by atoms with Crippen molar-refractivity contribution < 1.29 is 18.0 Å². The molecule has 0 bridgehead atoms. The third-order valence-electron chi connectivity index (χ3n) is 2.97. The minimum Gasteiger partial charge on any atom is -0.366 e. The van der Waals surface area contributed by atoms with Gasteiger partial charge in [0.15, 0.2) is 5.11 Å². The summed E-state index contributed by atoms with van der Waals surface area (Å²) in [5.74, 6) is -0.660. The van der Waals surface area contributed by atoms with E-state index < -0.39 is 22.7 Å². The van der Waals surface area contributed by atoms with Gasteiger partial charge in [-0.25, -0.2) is 0 Å². The van der Waals surface area contributed by atoms with E-state index in [0.29, 0.717) is 5.69 Å². The largest absolute Gasteiger partial charge is 0.417 e. The van der Waals surface area contributed by atoms with Gasteiger partial charge in [0, 0.05) is 5.69 Å². The van der Waals surface area contributed by atoms with Gasteiger partial charge >= 0.3 is 6.18 Å². The summed E-state index contributed by atoms with van der Waals surface area (Å²) in [5.41, 5.74) is 4.91. The van der Waals surface area contributed by atoms with Crippen molar-refractivity contribution in [3.8, 4) is 0 Å². The third kappa shape index (κ3) is 4.36. The zero-order valence-electron chi connectivity index (χ0n) is 11.9. The van der Waals surface area contributed by atoms with Crippen molar-refractivity contribution in [1.82, 2.24) is 0 Å². The Morgan fingerprint density at radius 3 is 2.42 bits per heavy atom. The average molecular weight is 374 g/mol. The molecule has 1 amide bonds. The number of thiocarbonyl (C=S) groups is 1. The highest BCUT2D eigenvalue weighted by Gasteiger charge is 2.33. The summed E-state index contributed by atoms with van der Waals surface area (Å²) in [5, 5.41) is 4.91. The lowest BCUT2D eigenvalue weighted by Crippen LogP contribution is -2.22. The maximum Gasteiger partial charge on any atom is 0.417 e. The van der Waals surface area contributed by atoms with E-state index in [9.17, 15) is 18.0 Å². The van der Waals surface area contributed by atoms with Crippen molar-refractivity contribution in [2.24, 2.45) is 5.73 Å². The van der Waals surface area contributed by atoms with Gasteiger partial charge in [0.05, 0.1) is 21.8 Å². The number of primary amides is 1. The Labute approximate surface area is 145 Å². The molecule has 0 spiro atoms. The first-order valence-corrected chi connectivity index (χ1v) is 7.30. The van der Waals surface area contributed by atoms with Crippen molar-refractivity contribution >= 4 is 46.2 Å². The summed E-state index contributed by atoms with van der Waals surface area (Å²) >= 11 is 10.6. The lowest BCUT2D eigenvalue weighted by atomic mass is 10.1. The fourth-order valence-corrected chi connectivity index (χ4v) is 2.36. The van der Waals surface area contributed by atoms with Crippen LogP contribution in [0.5, 0.6) is 0 Å². The highest BCUT2D eigenvalue weighted by Crippen LogP contribution is 2.36. The van der Waals surface area contributed by atoms with E-state index in [1.165, 1.54) is 12.1 Å². The fourth-order valence-electron chi connectivity index (χ4n) is 1.91. The van der Waals surface area contributed by atoms with Crippen LogP contribution in [0.1, 0.15) is 15.9 Å². The summed E-state index contributed by atoms with van der Waals surface area (Å²) in [4.78, 5) is 11.3. The topological polar surface area (TPSA) is 67.2 Å². The Hall–Kier alpha value is -2.32. The Balaban J connectivity index is 2.18. The minimum absolute atomic E-state index is 0.000790. The fraction of sp³-hybridized carbons (Fsp3) is 0.0667. The number of para-hydroxylation sites is 1. The van der Waals surface area contributed by atoms with Gasteiger partial charge in [-0.15, -0.1) is 0 Å². The Bertz CT molecular complexity index is 796. The van der Waals surface area contributed by atoms with Gasteiger partial charge in [0.2, 0.25) is 0 Å². The molecule has 4 nitrogen and oxygen atoms in total. The lowest BCUT2D eigenvalue weighted by molar-refractivity contribution is -0.137. The molecule has 0 atom stereocenters. The summed E-state index contributed by atoms with van der Waals surface area (Å²) in [6.45, 7) is 0. The van der Waals surface area contributed by atoms with E-state index in [2.05, 4.69) is 10.6 Å². The van der Waals surface area contributed by atoms with Crippen LogP contribution in [0.15, 0.2) is 42.5 Å². The molecule has 2 aromatic carbocycles. The third-order valence-corrected chi connectivity index (χ3v) is 3.50. The summed E-state index contributed by atoms with van der Waals surface area (Å²) < 4.78 is 38.5. The normalized spacial score (nSPS) is 11.0. The van der Waals surface area contributed by atoms with Gasteiger partial charge in [-0.2, -0.15) is 13.2 Å². The van der Waals surface area contributed by atoms with Gasteiger partial charge in [0.25, 0.3) is 5.91 Å². The molecule has 0 saturated heterocycles. The quantitative estimate of drug-likeness (QED) is 0.703. The maximum absolute atomic E-state index is 12.8. The SMILES string of the molecule is NC(=O)c1ccccc1NC(=S)Nc1ccc(Cl)c(C(F)(F)F)c1. The number of carbonyl (C=O) groups excluding carboxylic acids is 1. The van der Waals surface area contributed by atoms with Crippen LogP contribution in [0, 0.1) is 0 Å². The van der Waals surface area contributed by atoms with Gasteiger partial charge < -0.3 is 16.4 Å². The first-order chi connectivity index (χ1) is 11.2. The smallest absolute Gasteiger partial charge is 0.366 e. The van der Waals surface area contributed by atoms with Crippen molar-refractivity contribution in [1.29, 1.82) is 0 Å². The molecular weight excluding hydrogens is 363 g/mol. The van der Waals surface area contributed by atoms with Crippen LogP contribution in [0.3, 0.4) is 0 Å². The van der Waals surface area contributed by atoms with Crippen molar-refractivity contribution in [2.75, 3.05) is 10.6 Å². The molecule has 0 saturated carbocycles. The molecule has 0 fully saturated rings. The standard InChI is InChI=1S/C15H11ClF3N3OS/c16-11-6-5-8(7-10(11)15(17,18)19)21-14(24)22-12-4-2-1-3-9(12)13(20)23/h1-7H,(H2,20,23)(H2,21,22,24). The number of anilines is 2. The van der Waals surface area contributed by atoms with E-state index in [-0.39, 0.29) is 16.4 Å². The predicted octanol–water partition coefficient (Wildman–Crippen LogP) is 4.27. The van der Waals surface area contributed by atoms with Crippen LogP contribution in [0.4, 0.5) is 24.5 Å². The molecule has 0 aliphatic heterocycles. The molecule has 9 heteroatoms. The molecule has 4 N–H and O–H groups in total. The number of rotatable bonds is 3. The van der Waals surface area contributed by atoms with E-state index >= 15 is 0 Å². The average Bonchev–Trinajstić information content (AvgIpc) is 2.48. The molecule has 2 rings (SSSR count). The van der Waals surface area contributed by atoms with Crippen molar-refractivity contribution in [3.63, 3.8) is 0 Å². The highest BCUT2D eigenvalue weighted by atomic mass is 35.5. The van der Waals surface area contributed by atoms with Crippen molar-refractivity contribution in [2.45, 2.75) is 6.18 Å². The monoisotopic (exact) mass is 373 g/mol. The van der Waals surface area contributed by atoms with Gasteiger partial charge in [0.1, 0.15) is 0 Å². The van der Waals surface area contributed by atoms with E-state index in [1.807, 2.05) is 0 Å². The van der Waals surface area contributed by atoms with Gasteiger partial charge in [-0.1, -0.05) is 23.7 Å². The number of carbonyl (C=O) groups is 1. The molecule has 126 valence electrons. The minimum atomic E-state index is -4.58. The van der Waals surface area contributed by atoms with Crippen LogP contribution in [-0.2, 0) is 6.18 Å². The number of halogens is 4. The molecule has 0 radical (unpaired) electrons. The summed E-state index contributed by atoms with van der Waals surface area (Å²) in [6, 6.07) is 9.65. The second-order valence-electron chi connectivity index (χ2n) is 4.68. The van der Waals surface area contributed by atoms with Gasteiger partial charge in [-0.05, 0) is 42.5 Å². The van der Waals surface area contributed by atoms with Crippen LogP contribution >= 0.6 is 23.8 Å². The van der Waals surface area contributed by atoms with Crippen LogP contribution < -0.4 is 16.4 Å². The summed E-state index contributed by atoms with van der Waals surface area (Å²) in [7, 11) is 0. The second kappa shape index (κ2) is 7.06. The molecule has 0 aromatic heterocycles. The lowest BCUT2D eigenvalue weighted by Gasteiger charge is -2.15. The Morgan fingerprint density at radius 2 is 1.79 bits per heavy atom. The number of hydrogen-bond acceptors (Lipinski definition) is 2. The number of benzene rings is 2. The zero-order chi connectivity index (χ0) is 17.9. The predicted molar refractivity (Wildman–Crippen MR) is 91.3 cm³/mol. The zero-order valence-corrected chi connectivity index (χ0v) is 13.5.